The van der Waals surface area contributed by atoms with Crippen molar-refractivity contribution in [3.8, 4) is 0 Å². The number of nitrogens with zero attached hydrogens (tertiary/aromatic N) is 1. The van der Waals surface area contributed by atoms with Crippen molar-refractivity contribution in [1.82, 2.24) is 10.2 Å². The van der Waals surface area contributed by atoms with Crippen LogP contribution in [-0.2, 0) is 16.0 Å². The third-order valence-corrected chi connectivity index (χ3v) is 4.71. The molecular weight excluding hydrogens is 300 g/mol. The van der Waals surface area contributed by atoms with Gasteiger partial charge in [-0.15, -0.1) is 12.4 Å². The average molecular weight is 325 g/mol. The topological polar surface area (TPSA) is 41.6 Å². The van der Waals surface area contributed by atoms with Crippen molar-refractivity contribution in [3.63, 3.8) is 0 Å². The van der Waals surface area contributed by atoms with E-state index in [2.05, 4.69) is 23.5 Å². The molecule has 2 aliphatic heterocycles. The maximum absolute atomic E-state index is 12.5. The maximum Gasteiger partial charge on any atom is 0.225 e. The molecule has 1 unspecified atom stereocenters. The average Bonchev–Trinajstić information content (AvgIpc) is 2.55. The van der Waals surface area contributed by atoms with E-state index in [1.54, 1.807) is 0 Å². The van der Waals surface area contributed by atoms with E-state index in [-0.39, 0.29) is 24.4 Å². The Morgan fingerprint density at radius 1 is 1.32 bits per heavy atom. The molecule has 5 heteroatoms. The third kappa shape index (κ3) is 3.80. The summed E-state index contributed by atoms with van der Waals surface area (Å²) in [4.78, 5) is 14.5. The smallest absolute Gasteiger partial charge is 0.225 e. The second-order valence-electron chi connectivity index (χ2n) is 5.96. The molecule has 22 heavy (non-hydrogen) atoms. The zero-order valence-corrected chi connectivity index (χ0v) is 13.9. The number of hydrogen-bond donors (Lipinski definition) is 1. The number of benzene rings is 1. The second kappa shape index (κ2) is 7.95. The summed E-state index contributed by atoms with van der Waals surface area (Å²) < 4.78 is 5.85. The highest BCUT2D eigenvalue weighted by Crippen LogP contribution is 2.30. The van der Waals surface area contributed by atoms with Gasteiger partial charge in [0.2, 0.25) is 5.91 Å². The summed E-state index contributed by atoms with van der Waals surface area (Å²) in [5.74, 6) is 0.228. The van der Waals surface area contributed by atoms with Crippen LogP contribution in [0.15, 0.2) is 24.3 Å². The quantitative estimate of drug-likeness (QED) is 0.927. The lowest BCUT2D eigenvalue weighted by atomic mass is 9.95. The van der Waals surface area contributed by atoms with E-state index in [9.17, 15) is 4.79 Å². The third-order valence-electron chi connectivity index (χ3n) is 4.71. The fraction of sp³-hybridized carbons (Fsp3) is 0.588. The minimum atomic E-state index is -0.0653. The molecule has 122 valence electrons. The number of nitrogens with one attached hydrogen (secondary N) is 1. The van der Waals surface area contributed by atoms with Crippen LogP contribution in [0, 0.1) is 0 Å². The van der Waals surface area contributed by atoms with Gasteiger partial charge in [0.1, 0.15) is 0 Å². The molecule has 4 nitrogen and oxygen atoms in total. The Morgan fingerprint density at radius 3 is 2.77 bits per heavy atom. The summed E-state index contributed by atoms with van der Waals surface area (Å²) in [6.45, 7) is 2.44. The maximum atomic E-state index is 12.5. The summed E-state index contributed by atoms with van der Waals surface area (Å²) in [6, 6.07) is 8.89. The van der Waals surface area contributed by atoms with Crippen LogP contribution in [0.1, 0.15) is 36.5 Å². The van der Waals surface area contributed by atoms with Gasteiger partial charge in [-0.2, -0.15) is 0 Å². The van der Waals surface area contributed by atoms with Crippen LogP contribution in [0.25, 0.3) is 0 Å². The van der Waals surface area contributed by atoms with E-state index in [4.69, 9.17) is 4.74 Å². The molecule has 0 saturated carbocycles. The first kappa shape index (κ1) is 17.3. The molecule has 1 amide bonds. The van der Waals surface area contributed by atoms with E-state index in [1.807, 2.05) is 18.0 Å². The largest absolute Gasteiger partial charge is 0.373 e. The first-order valence-electron chi connectivity index (χ1n) is 7.92. The number of carbonyl (C=O) groups excluding carboxylic acids is 1. The molecule has 1 fully saturated rings. The summed E-state index contributed by atoms with van der Waals surface area (Å²) in [6.07, 6.45) is 3.45. The fourth-order valence-corrected chi connectivity index (χ4v) is 3.35. The van der Waals surface area contributed by atoms with Crippen LogP contribution >= 0.6 is 12.4 Å². The first-order chi connectivity index (χ1) is 10.3. The Kier molecular flexibility index (Phi) is 6.24. The summed E-state index contributed by atoms with van der Waals surface area (Å²) in [5.41, 5.74) is 2.53. The molecular formula is C17H25ClN2O2. The van der Waals surface area contributed by atoms with E-state index in [0.717, 1.165) is 39.0 Å². The number of carbonyl (C=O) groups is 1. The normalized spacial score (nSPS) is 21.9. The van der Waals surface area contributed by atoms with E-state index >= 15 is 0 Å². The first-order valence-corrected chi connectivity index (χ1v) is 7.92. The second-order valence-corrected chi connectivity index (χ2v) is 5.96. The molecule has 0 spiro atoms. The monoisotopic (exact) mass is 324 g/mol. The predicted molar refractivity (Wildman–Crippen MR) is 89.4 cm³/mol. The van der Waals surface area contributed by atoms with Crippen molar-refractivity contribution in [2.45, 2.75) is 37.8 Å². The minimum absolute atomic E-state index is 0. The van der Waals surface area contributed by atoms with Crippen LogP contribution in [0.3, 0.4) is 0 Å². The van der Waals surface area contributed by atoms with E-state index < -0.39 is 0 Å². The molecule has 1 aromatic rings. The van der Waals surface area contributed by atoms with Crippen molar-refractivity contribution >= 4 is 18.3 Å². The van der Waals surface area contributed by atoms with Gasteiger partial charge >= 0.3 is 0 Å². The summed E-state index contributed by atoms with van der Waals surface area (Å²) in [5, 5.41) is 3.30. The minimum Gasteiger partial charge on any atom is -0.373 e. The molecule has 2 aliphatic rings. The van der Waals surface area contributed by atoms with Gasteiger partial charge < -0.3 is 15.0 Å². The zero-order valence-electron chi connectivity index (χ0n) is 13.1. The Morgan fingerprint density at radius 2 is 2.05 bits per heavy atom. The number of piperidine rings is 1. The highest BCUT2D eigenvalue weighted by Gasteiger charge is 2.27. The highest BCUT2D eigenvalue weighted by atomic mass is 35.5. The van der Waals surface area contributed by atoms with Crippen LogP contribution in [0.2, 0.25) is 0 Å². The fourth-order valence-electron chi connectivity index (χ4n) is 3.35. The van der Waals surface area contributed by atoms with E-state index in [1.165, 1.54) is 11.1 Å². The number of fused-ring (bicyclic) bond motifs is 1. The molecule has 1 atom stereocenters. The van der Waals surface area contributed by atoms with Crippen LogP contribution in [0.4, 0.5) is 0 Å². The van der Waals surface area contributed by atoms with Crippen molar-refractivity contribution in [1.29, 1.82) is 0 Å². The Hall–Kier alpha value is -1.10. The van der Waals surface area contributed by atoms with Gasteiger partial charge in [0, 0.05) is 19.1 Å². The zero-order chi connectivity index (χ0) is 14.7. The summed E-state index contributed by atoms with van der Waals surface area (Å²) >= 11 is 0. The van der Waals surface area contributed by atoms with Crippen LogP contribution in [0.5, 0.6) is 0 Å². The Balaban J connectivity index is 0.00000176. The number of amides is 1. The van der Waals surface area contributed by atoms with Crippen molar-refractivity contribution in [2.24, 2.45) is 0 Å². The van der Waals surface area contributed by atoms with Gasteiger partial charge in [0.25, 0.3) is 0 Å². The van der Waals surface area contributed by atoms with Crippen molar-refractivity contribution in [3.05, 3.63) is 35.4 Å². The lowest BCUT2D eigenvalue weighted by molar-refractivity contribution is -0.135. The lowest BCUT2D eigenvalue weighted by Crippen LogP contribution is -2.44. The van der Waals surface area contributed by atoms with Gasteiger partial charge in [0.05, 0.1) is 19.1 Å². The predicted octanol–water partition coefficient (Wildman–Crippen LogP) is 2.32. The Bertz CT molecular complexity index is 501. The van der Waals surface area contributed by atoms with Crippen LogP contribution in [-0.4, -0.2) is 43.6 Å². The molecule has 3 rings (SSSR count). The van der Waals surface area contributed by atoms with Gasteiger partial charge in [-0.05, 0) is 37.4 Å². The number of hydrogen-bond acceptors (Lipinski definition) is 3. The number of likely N-dealkylation sites (tertiary alicyclic amines) is 1. The lowest BCUT2D eigenvalue weighted by Gasteiger charge is -2.33. The van der Waals surface area contributed by atoms with Gasteiger partial charge in [-0.3, -0.25) is 4.79 Å². The molecule has 0 bridgehead atoms. The molecule has 1 N–H and O–H groups in total. The molecule has 2 heterocycles. The summed E-state index contributed by atoms with van der Waals surface area (Å²) in [7, 11) is 1.99. The van der Waals surface area contributed by atoms with Crippen LogP contribution < -0.4 is 5.32 Å². The van der Waals surface area contributed by atoms with Crippen molar-refractivity contribution in [2.75, 3.05) is 26.7 Å². The Labute approximate surface area is 138 Å². The molecule has 0 aromatic heterocycles. The van der Waals surface area contributed by atoms with Crippen molar-refractivity contribution < 1.29 is 9.53 Å². The molecule has 0 aliphatic carbocycles. The van der Waals surface area contributed by atoms with Gasteiger partial charge in [-0.25, -0.2) is 0 Å². The van der Waals surface area contributed by atoms with Gasteiger partial charge in [0.15, 0.2) is 0 Å². The highest BCUT2D eigenvalue weighted by molar-refractivity contribution is 5.85. The molecule has 1 saturated heterocycles. The number of rotatable bonds is 3. The number of ether oxygens (including phenoxy) is 1. The SMILES string of the molecule is CNC1CCN(C(=O)CC2OCCc3ccccc32)CC1.Cl. The standard InChI is InChI=1S/C17H24N2O2.ClH/c1-18-14-6-9-19(10-7-14)17(20)12-16-15-5-3-2-4-13(15)8-11-21-16;/h2-5,14,16,18H,6-12H2,1H3;1H. The molecule has 1 aromatic carbocycles. The molecule has 0 radical (unpaired) electrons. The number of halogens is 1. The van der Waals surface area contributed by atoms with Gasteiger partial charge in [-0.1, -0.05) is 24.3 Å². The van der Waals surface area contributed by atoms with E-state index in [0.29, 0.717) is 12.5 Å².